The number of halogens is 3. The SMILES string of the molecule is FC(F)(F)OC1CCC(Nc2ncc3c(-c4ccc5nccn5c4)ccn3n2)CC1. The average molecular weight is 416 g/mol. The highest BCUT2D eigenvalue weighted by Gasteiger charge is 2.35. The zero-order chi connectivity index (χ0) is 20.7. The van der Waals surface area contributed by atoms with Crippen LogP contribution in [0, 0.1) is 0 Å². The molecule has 0 aliphatic heterocycles. The Balaban J connectivity index is 1.29. The first kappa shape index (κ1) is 18.9. The number of alkyl halides is 3. The summed E-state index contributed by atoms with van der Waals surface area (Å²) in [7, 11) is 0. The third kappa shape index (κ3) is 3.82. The van der Waals surface area contributed by atoms with Crippen molar-refractivity contribution >= 4 is 17.1 Å². The lowest BCUT2D eigenvalue weighted by Crippen LogP contribution is -2.33. The number of rotatable bonds is 4. The number of fused-ring (bicyclic) bond motifs is 2. The molecule has 5 rings (SSSR count). The Bertz CT molecular complexity index is 1180. The Kier molecular flexibility index (Phi) is 4.58. The molecule has 0 bridgehead atoms. The topological polar surface area (TPSA) is 68.8 Å². The number of imidazole rings is 1. The normalized spacial score (nSPS) is 20.1. The number of pyridine rings is 1. The van der Waals surface area contributed by atoms with Crippen LogP contribution in [-0.4, -0.2) is 42.5 Å². The van der Waals surface area contributed by atoms with Gasteiger partial charge in [-0.3, -0.25) is 4.74 Å². The monoisotopic (exact) mass is 416 g/mol. The molecule has 1 saturated carbocycles. The van der Waals surface area contributed by atoms with Crippen molar-refractivity contribution < 1.29 is 17.9 Å². The molecule has 156 valence electrons. The first-order valence-electron chi connectivity index (χ1n) is 9.73. The van der Waals surface area contributed by atoms with Gasteiger partial charge in [0, 0.05) is 42.0 Å². The lowest BCUT2D eigenvalue weighted by Gasteiger charge is -2.29. The Morgan fingerprint density at radius 1 is 1.03 bits per heavy atom. The molecule has 0 radical (unpaired) electrons. The lowest BCUT2D eigenvalue weighted by molar-refractivity contribution is -0.345. The van der Waals surface area contributed by atoms with Gasteiger partial charge < -0.3 is 9.72 Å². The molecule has 30 heavy (non-hydrogen) atoms. The van der Waals surface area contributed by atoms with Crippen molar-refractivity contribution in [3.05, 3.63) is 49.2 Å². The molecule has 1 aliphatic carbocycles. The molecule has 7 nitrogen and oxygen atoms in total. The van der Waals surface area contributed by atoms with Crippen molar-refractivity contribution in [3.8, 4) is 11.1 Å². The molecule has 0 unspecified atom stereocenters. The van der Waals surface area contributed by atoms with Crippen molar-refractivity contribution in [2.75, 3.05) is 5.32 Å². The summed E-state index contributed by atoms with van der Waals surface area (Å²) in [6, 6.07) is 5.96. The minimum Gasteiger partial charge on any atom is -0.350 e. The molecular formula is C20H19F3N6O. The number of hydrogen-bond donors (Lipinski definition) is 1. The van der Waals surface area contributed by atoms with Gasteiger partial charge in [-0.2, -0.15) is 0 Å². The largest absolute Gasteiger partial charge is 0.522 e. The zero-order valence-corrected chi connectivity index (χ0v) is 15.9. The van der Waals surface area contributed by atoms with Gasteiger partial charge in [-0.15, -0.1) is 18.3 Å². The maximum Gasteiger partial charge on any atom is 0.522 e. The highest BCUT2D eigenvalue weighted by atomic mass is 19.4. The highest BCUT2D eigenvalue weighted by Crippen LogP contribution is 2.29. The van der Waals surface area contributed by atoms with Crippen molar-refractivity contribution in [3.63, 3.8) is 0 Å². The first-order chi connectivity index (χ1) is 14.4. The van der Waals surface area contributed by atoms with E-state index in [0.717, 1.165) is 22.3 Å². The number of hydrogen-bond acceptors (Lipinski definition) is 5. The fourth-order valence-electron chi connectivity index (χ4n) is 3.99. The van der Waals surface area contributed by atoms with Crippen LogP contribution in [0.3, 0.4) is 0 Å². The number of anilines is 1. The quantitative estimate of drug-likeness (QED) is 0.537. The molecule has 0 aromatic carbocycles. The molecule has 0 saturated heterocycles. The number of nitrogens with zero attached hydrogens (tertiary/aromatic N) is 5. The molecule has 0 spiro atoms. The molecule has 0 atom stereocenters. The van der Waals surface area contributed by atoms with Gasteiger partial charge in [-0.25, -0.2) is 14.5 Å². The Hall–Kier alpha value is -3.14. The summed E-state index contributed by atoms with van der Waals surface area (Å²) in [5.74, 6) is 0.454. The third-order valence-corrected chi connectivity index (χ3v) is 5.42. The molecule has 1 fully saturated rings. The van der Waals surface area contributed by atoms with E-state index in [-0.39, 0.29) is 6.04 Å². The second kappa shape index (κ2) is 7.28. The minimum absolute atomic E-state index is 0.0224. The molecular weight excluding hydrogens is 397 g/mol. The van der Waals surface area contributed by atoms with Crippen LogP contribution in [0.25, 0.3) is 22.3 Å². The molecule has 4 heterocycles. The smallest absolute Gasteiger partial charge is 0.350 e. The van der Waals surface area contributed by atoms with Gasteiger partial charge in [0.25, 0.3) is 0 Å². The van der Waals surface area contributed by atoms with E-state index in [2.05, 4.69) is 25.1 Å². The van der Waals surface area contributed by atoms with E-state index in [1.807, 2.05) is 41.2 Å². The third-order valence-electron chi connectivity index (χ3n) is 5.42. The maximum absolute atomic E-state index is 12.4. The summed E-state index contributed by atoms with van der Waals surface area (Å²) in [6.07, 6.45) is 5.77. The summed E-state index contributed by atoms with van der Waals surface area (Å²) in [6.45, 7) is 0. The summed E-state index contributed by atoms with van der Waals surface area (Å²) >= 11 is 0. The second-order valence-corrected chi connectivity index (χ2v) is 7.43. The van der Waals surface area contributed by atoms with Gasteiger partial charge in [0.15, 0.2) is 0 Å². The lowest BCUT2D eigenvalue weighted by atomic mass is 9.93. The highest BCUT2D eigenvalue weighted by molar-refractivity contribution is 5.80. The zero-order valence-electron chi connectivity index (χ0n) is 15.9. The van der Waals surface area contributed by atoms with Crippen LogP contribution in [-0.2, 0) is 4.74 Å². The molecule has 4 aromatic heterocycles. The minimum atomic E-state index is -4.58. The molecule has 1 N–H and O–H groups in total. The average Bonchev–Trinajstić information content (AvgIpc) is 3.34. The van der Waals surface area contributed by atoms with E-state index in [1.165, 1.54) is 0 Å². The maximum atomic E-state index is 12.4. The van der Waals surface area contributed by atoms with Crippen LogP contribution in [0.2, 0.25) is 0 Å². The van der Waals surface area contributed by atoms with Crippen molar-refractivity contribution in [1.82, 2.24) is 24.0 Å². The van der Waals surface area contributed by atoms with Crippen LogP contribution in [0.4, 0.5) is 19.1 Å². The Morgan fingerprint density at radius 2 is 1.87 bits per heavy atom. The summed E-state index contributed by atoms with van der Waals surface area (Å²) in [5.41, 5.74) is 3.76. The summed E-state index contributed by atoms with van der Waals surface area (Å²) in [5, 5.41) is 7.74. The number of ether oxygens (including phenoxy) is 1. The van der Waals surface area contributed by atoms with Crippen LogP contribution in [0.5, 0.6) is 0 Å². The van der Waals surface area contributed by atoms with Gasteiger partial charge in [0.2, 0.25) is 5.95 Å². The van der Waals surface area contributed by atoms with E-state index in [0.29, 0.717) is 31.6 Å². The van der Waals surface area contributed by atoms with E-state index < -0.39 is 12.5 Å². The van der Waals surface area contributed by atoms with Crippen molar-refractivity contribution in [1.29, 1.82) is 0 Å². The fraction of sp³-hybridized carbons (Fsp3) is 0.350. The Morgan fingerprint density at radius 3 is 2.67 bits per heavy atom. The second-order valence-electron chi connectivity index (χ2n) is 7.43. The van der Waals surface area contributed by atoms with E-state index >= 15 is 0 Å². The first-order valence-corrected chi connectivity index (χ1v) is 9.73. The summed E-state index contributed by atoms with van der Waals surface area (Å²) < 4.78 is 44.9. The predicted molar refractivity (Wildman–Crippen MR) is 104 cm³/mol. The van der Waals surface area contributed by atoms with Gasteiger partial charge >= 0.3 is 6.36 Å². The van der Waals surface area contributed by atoms with Gasteiger partial charge in [0.1, 0.15) is 5.65 Å². The van der Waals surface area contributed by atoms with Crippen LogP contribution in [0.15, 0.2) is 49.2 Å². The van der Waals surface area contributed by atoms with Crippen molar-refractivity contribution in [2.24, 2.45) is 0 Å². The molecule has 10 heteroatoms. The van der Waals surface area contributed by atoms with Gasteiger partial charge in [0.05, 0.1) is 17.8 Å². The number of nitrogens with one attached hydrogen (secondary N) is 1. The fourth-order valence-corrected chi connectivity index (χ4v) is 3.99. The van der Waals surface area contributed by atoms with E-state index in [4.69, 9.17) is 0 Å². The number of aromatic nitrogens is 5. The Labute approximate surface area is 169 Å². The van der Waals surface area contributed by atoms with E-state index in [9.17, 15) is 13.2 Å². The molecule has 1 aliphatic rings. The van der Waals surface area contributed by atoms with Crippen molar-refractivity contribution in [2.45, 2.75) is 44.2 Å². The van der Waals surface area contributed by atoms with Crippen LogP contribution in [0.1, 0.15) is 25.7 Å². The molecule has 0 amide bonds. The van der Waals surface area contributed by atoms with E-state index in [1.54, 1.807) is 16.9 Å². The van der Waals surface area contributed by atoms with Crippen LogP contribution < -0.4 is 5.32 Å². The molecule has 4 aromatic rings. The summed E-state index contributed by atoms with van der Waals surface area (Å²) in [4.78, 5) is 8.67. The van der Waals surface area contributed by atoms with Gasteiger partial charge in [-0.05, 0) is 43.9 Å². The predicted octanol–water partition coefficient (Wildman–Crippen LogP) is 4.30. The standard InChI is InChI=1S/C20H19F3N6O/c21-20(22,23)30-15-4-2-14(3-5-15)26-19-25-11-17-16(7-9-29(17)27-19)13-1-6-18-24-8-10-28(18)12-13/h1,6-12,14-15H,2-5H2,(H,26,27). The van der Waals surface area contributed by atoms with Crippen LogP contribution >= 0.6 is 0 Å². The van der Waals surface area contributed by atoms with Gasteiger partial charge in [-0.1, -0.05) is 0 Å².